The first-order valence-corrected chi connectivity index (χ1v) is 4.29. The second-order valence-corrected chi connectivity index (χ2v) is 2.99. The number of rotatable bonds is 4. The van der Waals surface area contributed by atoms with E-state index in [0.29, 0.717) is 0 Å². The van der Waals surface area contributed by atoms with Crippen molar-refractivity contribution in [2.75, 3.05) is 0 Å². The van der Waals surface area contributed by atoms with E-state index in [-0.39, 0.29) is 0 Å². The molecule has 0 aliphatic rings. The highest BCUT2D eigenvalue weighted by molar-refractivity contribution is 4.95. The summed E-state index contributed by atoms with van der Waals surface area (Å²) in [5.41, 5.74) is 1.22. The Kier molecular flexibility index (Phi) is 3.14. The van der Waals surface area contributed by atoms with E-state index in [4.69, 9.17) is 0 Å². The molecular formula is C9H16N2. The molecular weight excluding hydrogens is 136 g/mol. The van der Waals surface area contributed by atoms with Crippen molar-refractivity contribution in [2.45, 2.75) is 32.6 Å². The summed E-state index contributed by atoms with van der Waals surface area (Å²) in [5.74, 6) is 0. The Labute approximate surface area is 68.3 Å². The summed E-state index contributed by atoms with van der Waals surface area (Å²) < 4.78 is 2.00. The van der Waals surface area contributed by atoms with E-state index in [1.165, 1.54) is 25.0 Å². The van der Waals surface area contributed by atoms with Crippen LogP contribution in [-0.4, -0.2) is 9.55 Å². The van der Waals surface area contributed by atoms with Crippen LogP contribution >= 0.6 is 0 Å². The Morgan fingerprint density at radius 1 is 1.45 bits per heavy atom. The molecule has 0 saturated heterocycles. The molecule has 0 radical (unpaired) electrons. The van der Waals surface area contributed by atoms with Crippen LogP contribution in [0, 0.1) is 0 Å². The van der Waals surface area contributed by atoms with Gasteiger partial charge < -0.3 is 4.57 Å². The van der Waals surface area contributed by atoms with Crippen molar-refractivity contribution in [2.24, 2.45) is 7.05 Å². The Balaban J connectivity index is 2.27. The first-order chi connectivity index (χ1) is 5.33. The Morgan fingerprint density at radius 2 is 2.27 bits per heavy atom. The number of imidazole rings is 1. The third-order valence-corrected chi connectivity index (χ3v) is 1.79. The normalized spacial score (nSPS) is 10.4. The largest absolute Gasteiger partial charge is 0.340 e. The molecule has 0 N–H and O–H groups in total. The molecule has 1 aromatic heterocycles. The molecule has 62 valence electrons. The molecule has 0 aromatic carbocycles. The molecule has 0 unspecified atom stereocenters. The Morgan fingerprint density at radius 3 is 2.82 bits per heavy atom. The molecule has 0 aliphatic carbocycles. The van der Waals surface area contributed by atoms with E-state index in [0.717, 1.165) is 6.42 Å². The molecule has 2 heteroatoms. The molecule has 2 nitrogen and oxygen atoms in total. The van der Waals surface area contributed by atoms with Gasteiger partial charge in [-0.1, -0.05) is 19.8 Å². The zero-order valence-corrected chi connectivity index (χ0v) is 7.38. The van der Waals surface area contributed by atoms with Gasteiger partial charge in [0.15, 0.2) is 0 Å². The van der Waals surface area contributed by atoms with Crippen LogP contribution in [0.5, 0.6) is 0 Å². The van der Waals surface area contributed by atoms with Crippen LogP contribution in [0.25, 0.3) is 0 Å². The maximum atomic E-state index is 4.25. The zero-order chi connectivity index (χ0) is 8.10. The minimum absolute atomic E-state index is 1.13. The summed E-state index contributed by atoms with van der Waals surface area (Å²) in [6.45, 7) is 2.22. The van der Waals surface area contributed by atoms with Crippen LogP contribution in [0.4, 0.5) is 0 Å². The van der Waals surface area contributed by atoms with E-state index in [1.807, 2.05) is 17.9 Å². The first kappa shape index (κ1) is 8.31. The van der Waals surface area contributed by atoms with Crippen LogP contribution in [0.3, 0.4) is 0 Å². The van der Waals surface area contributed by atoms with E-state index in [9.17, 15) is 0 Å². The van der Waals surface area contributed by atoms with E-state index in [2.05, 4.69) is 18.1 Å². The van der Waals surface area contributed by atoms with Gasteiger partial charge in [-0.15, -0.1) is 0 Å². The summed E-state index contributed by atoms with van der Waals surface area (Å²) in [7, 11) is 2.01. The third-order valence-electron chi connectivity index (χ3n) is 1.79. The maximum absolute atomic E-state index is 4.25. The van der Waals surface area contributed by atoms with Crippen LogP contribution in [0.15, 0.2) is 12.5 Å². The van der Waals surface area contributed by atoms with Crippen molar-refractivity contribution in [1.82, 2.24) is 9.55 Å². The third kappa shape index (κ3) is 2.74. The predicted octanol–water partition coefficient (Wildman–Crippen LogP) is 2.15. The lowest BCUT2D eigenvalue weighted by atomic mass is 10.2. The molecule has 0 saturated carbocycles. The second-order valence-electron chi connectivity index (χ2n) is 2.99. The van der Waals surface area contributed by atoms with Gasteiger partial charge in [0.25, 0.3) is 0 Å². The van der Waals surface area contributed by atoms with Gasteiger partial charge in [0.2, 0.25) is 0 Å². The van der Waals surface area contributed by atoms with Gasteiger partial charge in [-0.25, -0.2) is 4.98 Å². The van der Waals surface area contributed by atoms with Crippen molar-refractivity contribution in [1.29, 1.82) is 0 Å². The highest BCUT2D eigenvalue weighted by Gasteiger charge is 1.94. The highest BCUT2D eigenvalue weighted by atomic mass is 15.0. The molecule has 0 fully saturated rings. The average Bonchev–Trinajstić information content (AvgIpc) is 2.37. The average molecular weight is 152 g/mol. The fraction of sp³-hybridized carbons (Fsp3) is 0.667. The molecule has 0 bridgehead atoms. The summed E-state index contributed by atoms with van der Waals surface area (Å²) in [6.07, 6.45) is 8.96. The molecule has 11 heavy (non-hydrogen) atoms. The van der Waals surface area contributed by atoms with Crippen LogP contribution in [0.2, 0.25) is 0 Å². The van der Waals surface area contributed by atoms with Crippen molar-refractivity contribution in [3.8, 4) is 0 Å². The first-order valence-electron chi connectivity index (χ1n) is 4.29. The smallest absolute Gasteiger partial charge is 0.0946 e. The maximum Gasteiger partial charge on any atom is 0.0946 e. The van der Waals surface area contributed by atoms with Gasteiger partial charge in [0.1, 0.15) is 0 Å². The molecule has 0 atom stereocenters. The number of aryl methyl sites for hydroxylation is 2. The lowest BCUT2D eigenvalue weighted by Crippen LogP contribution is -1.84. The second kappa shape index (κ2) is 4.16. The topological polar surface area (TPSA) is 17.8 Å². The van der Waals surface area contributed by atoms with Crippen LogP contribution < -0.4 is 0 Å². The minimum atomic E-state index is 1.13. The summed E-state index contributed by atoms with van der Waals surface area (Å²) in [5, 5.41) is 0. The van der Waals surface area contributed by atoms with Gasteiger partial charge in [0, 0.05) is 13.2 Å². The number of nitrogens with zero attached hydrogens (tertiary/aromatic N) is 2. The number of hydrogen-bond acceptors (Lipinski definition) is 1. The van der Waals surface area contributed by atoms with Gasteiger partial charge in [0.05, 0.1) is 12.0 Å². The van der Waals surface area contributed by atoms with Crippen molar-refractivity contribution in [3.05, 3.63) is 18.2 Å². The predicted molar refractivity (Wildman–Crippen MR) is 46.4 cm³/mol. The molecule has 0 spiro atoms. The number of aromatic nitrogens is 2. The van der Waals surface area contributed by atoms with Gasteiger partial charge in [-0.05, 0) is 12.8 Å². The highest BCUT2D eigenvalue weighted by Crippen LogP contribution is 2.02. The van der Waals surface area contributed by atoms with E-state index < -0.39 is 0 Å². The summed E-state index contributed by atoms with van der Waals surface area (Å²) >= 11 is 0. The Bertz CT molecular complexity index is 203. The Hall–Kier alpha value is -0.790. The minimum Gasteiger partial charge on any atom is -0.340 e. The number of unbranched alkanes of at least 4 members (excludes halogenated alkanes) is 2. The monoisotopic (exact) mass is 152 g/mol. The van der Waals surface area contributed by atoms with E-state index in [1.54, 1.807) is 0 Å². The van der Waals surface area contributed by atoms with Gasteiger partial charge in [-0.2, -0.15) is 0 Å². The fourth-order valence-corrected chi connectivity index (χ4v) is 1.15. The summed E-state index contributed by atoms with van der Waals surface area (Å²) in [6, 6.07) is 0. The summed E-state index contributed by atoms with van der Waals surface area (Å²) in [4.78, 5) is 4.25. The van der Waals surface area contributed by atoms with Crippen molar-refractivity contribution in [3.63, 3.8) is 0 Å². The van der Waals surface area contributed by atoms with Gasteiger partial charge >= 0.3 is 0 Å². The van der Waals surface area contributed by atoms with Gasteiger partial charge in [-0.3, -0.25) is 0 Å². The quantitative estimate of drug-likeness (QED) is 0.604. The lowest BCUT2D eigenvalue weighted by Gasteiger charge is -1.93. The molecule has 0 aliphatic heterocycles. The van der Waals surface area contributed by atoms with Crippen molar-refractivity contribution >= 4 is 0 Å². The molecule has 1 aromatic rings. The molecule has 1 heterocycles. The lowest BCUT2D eigenvalue weighted by molar-refractivity contribution is 0.709. The SMILES string of the molecule is CCCCCc1cn(C)cn1. The molecule has 0 amide bonds. The zero-order valence-electron chi connectivity index (χ0n) is 7.38. The number of hydrogen-bond donors (Lipinski definition) is 0. The van der Waals surface area contributed by atoms with Crippen LogP contribution in [0.1, 0.15) is 31.9 Å². The molecule has 1 rings (SSSR count). The standard InChI is InChI=1S/C9H16N2/c1-3-4-5-6-9-7-11(2)8-10-9/h7-8H,3-6H2,1-2H3. The van der Waals surface area contributed by atoms with E-state index >= 15 is 0 Å². The van der Waals surface area contributed by atoms with Crippen molar-refractivity contribution < 1.29 is 0 Å². The fourth-order valence-electron chi connectivity index (χ4n) is 1.15. The van der Waals surface area contributed by atoms with Crippen LogP contribution in [-0.2, 0) is 13.5 Å².